The summed E-state index contributed by atoms with van der Waals surface area (Å²) in [5, 5.41) is 0. The van der Waals surface area contributed by atoms with E-state index >= 15 is 0 Å². The van der Waals surface area contributed by atoms with Crippen LogP contribution in [0, 0.1) is 11.8 Å². The maximum Gasteiger partial charge on any atom is 0.248 e. The molecule has 0 aromatic heterocycles. The second kappa shape index (κ2) is 5.09. The minimum Gasteiger partial charge on any atom is -0.330 e. The molecule has 0 rings (SSSR count). The average molecular weight is 160 g/mol. The summed E-state index contributed by atoms with van der Waals surface area (Å²) in [6, 6.07) is 0. The molecule has 1 unspecified atom stereocenters. The zero-order valence-electron chi connectivity index (χ0n) is 7.26. The Labute approximate surface area is 67.0 Å². The second-order valence-electron chi connectivity index (χ2n) is 2.76. The lowest BCUT2D eigenvalue weighted by molar-refractivity contribution is -0.136. The Morgan fingerprint density at radius 2 is 2.18 bits per heavy atom. The van der Waals surface area contributed by atoms with Crippen LogP contribution in [0.1, 0.15) is 13.8 Å². The van der Waals surface area contributed by atoms with Gasteiger partial charge in [0, 0.05) is 6.54 Å². The molecule has 4 heteroatoms. The van der Waals surface area contributed by atoms with E-state index in [0.717, 1.165) is 0 Å². The molecule has 0 fully saturated rings. The third-order valence-electron chi connectivity index (χ3n) is 1.60. The number of hydrogen-bond donors (Lipinski definition) is 2. The summed E-state index contributed by atoms with van der Waals surface area (Å²) in [4.78, 5) is 15.6. The molecule has 0 aliphatic rings. The van der Waals surface area contributed by atoms with Crippen molar-refractivity contribution in [1.82, 2.24) is 5.48 Å². The van der Waals surface area contributed by atoms with Gasteiger partial charge in [-0.2, -0.15) is 0 Å². The molecule has 0 aromatic rings. The molecule has 0 radical (unpaired) electrons. The minimum absolute atomic E-state index is 0.148. The number of amides is 1. The molecule has 0 aromatic carbocycles. The van der Waals surface area contributed by atoms with Crippen LogP contribution in [0.5, 0.6) is 0 Å². The molecule has 0 aliphatic carbocycles. The van der Waals surface area contributed by atoms with E-state index < -0.39 is 0 Å². The number of rotatable bonds is 4. The molecule has 1 atom stereocenters. The van der Waals surface area contributed by atoms with Gasteiger partial charge in [-0.1, -0.05) is 13.8 Å². The predicted octanol–water partition coefficient (Wildman–Crippen LogP) is -0.105. The van der Waals surface area contributed by atoms with E-state index in [1.54, 1.807) is 0 Å². The lowest BCUT2D eigenvalue weighted by Gasteiger charge is -2.16. The minimum atomic E-state index is -0.157. The fraction of sp³-hybridized carbons (Fsp3) is 0.857. The standard InChI is InChI=1S/C7H16N2O2/c1-5(2)6(4-8)7(10)9-11-3/h5-6H,4,8H2,1-3H3,(H,9,10). The smallest absolute Gasteiger partial charge is 0.248 e. The molecule has 1 amide bonds. The highest BCUT2D eigenvalue weighted by Crippen LogP contribution is 2.08. The van der Waals surface area contributed by atoms with E-state index in [2.05, 4.69) is 10.3 Å². The fourth-order valence-corrected chi connectivity index (χ4v) is 0.858. The summed E-state index contributed by atoms with van der Waals surface area (Å²) < 4.78 is 0. The Kier molecular flexibility index (Phi) is 4.81. The van der Waals surface area contributed by atoms with E-state index in [9.17, 15) is 4.79 Å². The van der Waals surface area contributed by atoms with Gasteiger partial charge in [-0.3, -0.25) is 9.63 Å². The van der Waals surface area contributed by atoms with Gasteiger partial charge in [0.1, 0.15) is 0 Å². The van der Waals surface area contributed by atoms with Crippen molar-refractivity contribution in [1.29, 1.82) is 0 Å². The van der Waals surface area contributed by atoms with E-state index in [4.69, 9.17) is 5.73 Å². The molecule has 3 N–H and O–H groups in total. The topological polar surface area (TPSA) is 64.3 Å². The molecule has 11 heavy (non-hydrogen) atoms. The summed E-state index contributed by atoms with van der Waals surface area (Å²) in [7, 11) is 1.41. The Balaban J connectivity index is 3.92. The Morgan fingerprint density at radius 1 is 1.64 bits per heavy atom. The van der Waals surface area contributed by atoms with Crippen molar-refractivity contribution >= 4 is 5.91 Å². The highest BCUT2D eigenvalue weighted by molar-refractivity contribution is 5.78. The van der Waals surface area contributed by atoms with E-state index in [1.807, 2.05) is 13.8 Å². The second-order valence-corrected chi connectivity index (χ2v) is 2.76. The molecule has 4 nitrogen and oxygen atoms in total. The van der Waals surface area contributed by atoms with Gasteiger partial charge in [0.15, 0.2) is 0 Å². The van der Waals surface area contributed by atoms with Crippen LogP contribution in [0.25, 0.3) is 0 Å². The summed E-state index contributed by atoms with van der Waals surface area (Å²) in [6.07, 6.45) is 0. The van der Waals surface area contributed by atoms with Crippen LogP contribution in [0.15, 0.2) is 0 Å². The number of nitrogens with two attached hydrogens (primary N) is 1. The summed E-state index contributed by atoms with van der Waals surface area (Å²) in [5.74, 6) is -0.0601. The summed E-state index contributed by atoms with van der Waals surface area (Å²) >= 11 is 0. The average Bonchev–Trinajstić information content (AvgIpc) is 1.88. The van der Waals surface area contributed by atoms with Crippen molar-refractivity contribution in [2.45, 2.75) is 13.8 Å². The van der Waals surface area contributed by atoms with E-state index in [-0.39, 0.29) is 17.7 Å². The SMILES string of the molecule is CONC(=O)C(CN)C(C)C. The van der Waals surface area contributed by atoms with Gasteiger partial charge in [-0.05, 0) is 5.92 Å². The number of carbonyl (C=O) groups is 1. The van der Waals surface area contributed by atoms with Crippen LogP contribution in [0.4, 0.5) is 0 Å². The fourth-order valence-electron chi connectivity index (χ4n) is 0.858. The summed E-state index contributed by atoms with van der Waals surface area (Å²) in [5.41, 5.74) is 7.65. The molecular weight excluding hydrogens is 144 g/mol. The highest BCUT2D eigenvalue weighted by Gasteiger charge is 2.19. The third kappa shape index (κ3) is 3.34. The van der Waals surface area contributed by atoms with Gasteiger partial charge < -0.3 is 5.73 Å². The van der Waals surface area contributed by atoms with Crippen LogP contribution in [-0.4, -0.2) is 19.6 Å². The first-order chi connectivity index (χ1) is 5.13. The summed E-state index contributed by atoms with van der Waals surface area (Å²) in [6.45, 7) is 4.26. The monoisotopic (exact) mass is 160 g/mol. The third-order valence-corrected chi connectivity index (χ3v) is 1.60. The maximum atomic E-state index is 11.1. The largest absolute Gasteiger partial charge is 0.330 e. The Morgan fingerprint density at radius 3 is 2.45 bits per heavy atom. The number of nitrogens with one attached hydrogen (secondary N) is 1. The highest BCUT2D eigenvalue weighted by atomic mass is 16.6. The molecule has 0 aliphatic heterocycles. The van der Waals surface area contributed by atoms with Gasteiger partial charge in [0.2, 0.25) is 5.91 Å². The Hall–Kier alpha value is -0.610. The van der Waals surface area contributed by atoms with E-state index in [1.165, 1.54) is 7.11 Å². The molecule has 66 valence electrons. The predicted molar refractivity (Wildman–Crippen MR) is 42.5 cm³/mol. The molecular formula is C7H16N2O2. The quantitative estimate of drug-likeness (QED) is 0.564. The molecule has 0 saturated carbocycles. The van der Waals surface area contributed by atoms with Crippen molar-refractivity contribution in [2.75, 3.05) is 13.7 Å². The number of carbonyl (C=O) groups excluding carboxylic acids is 1. The van der Waals surface area contributed by atoms with E-state index in [0.29, 0.717) is 6.54 Å². The van der Waals surface area contributed by atoms with Crippen molar-refractivity contribution < 1.29 is 9.63 Å². The zero-order valence-corrected chi connectivity index (χ0v) is 7.26. The lowest BCUT2D eigenvalue weighted by Crippen LogP contribution is -2.37. The zero-order chi connectivity index (χ0) is 8.85. The van der Waals surface area contributed by atoms with Gasteiger partial charge in [0.25, 0.3) is 0 Å². The van der Waals surface area contributed by atoms with Crippen molar-refractivity contribution in [2.24, 2.45) is 17.6 Å². The van der Waals surface area contributed by atoms with Crippen molar-refractivity contribution in [3.63, 3.8) is 0 Å². The normalized spacial score (nSPS) is 13.2. The van der Waals surface area contributed by atoms with Gasteiger partial charge in [-0.25, -0.2) is 5.48 Å². The molecule has 0 bridgehead atoms. The van der Waals surface area contributed by atoms with Gasteiger partial charge in [-0.15, -0.1) is 0 Å². The van der Waals surface area contributed by atoms with Crippen LogP contribution in [0.3, 0.4) is 0 Å². The number of hydrogen-bond acceptors (Lipinski definition) is 3. The van der Waals surface area contributed by atoms with Crippen molar-refractivity contribution in [3.8, 4) is 0 Å². The van der Waals surface area contributed by atoms with Gasteiger partial charge in [0.05, 0.1) is 13.0 Å². The van der Waals surface area contributed by atoms with Crippen LogP contribution >= 0.6 is 0 Å². The molecule has 0 saturated heterocycles. The number of hydroxylamine groups is 1. The van der Waals surface area contributed by atoms with Gasteiger partial charge >= 0.3 is 0 Å². The maximum absolute atomic E-state index is 11.1. The lowest BCUT2D eigenvalue weighted by atomic mass is 9.96. The first-order valence-corrected chi connectivity index (χ1v) is 3.66. The molecule has 0 heterocycles. The first-order valence-electron chi connectivity index (χ1n) is 3.66. The van der Waals surface area contributed by atoms with Crippen LogP contribution < -0.4 is 11.2 Å². The van der Waals surface area contributed by atoms with Crippen molar-refractivity contribution in [3.05, 3.63) is 0 Å². The van der Waals surface area contributed by atoms with Crippen LogP contribution in [0.2, 0.25) is 0 Å². The Bertz CT molecular complexity index is 126. The van der Waals surface area contributed by atoms with Crippen LogP contribution in [-0.2, 0) is 9.63 Å². The molecule has 0 spiro atoms. The first kappa shape index (κ1) is 10.4.